The van der Waals surface area contributed by atoms with Crippen LogP contribution in [-0.2, 0) is 0 Å². The molecule has 19 heavy (non-hydrogen) atoms. The smallest absolute Gasteiger partial charge is 0.251 e. The van der Waals surface area contributed by atoms with E-state index in [4.69, 9.17) is 4.74 Å². The van der Waals surface area contributed by atoms with Crippen LogP contribution in [0.3, 0.4) is 0 Å². The Morgan fingerprint density at radius 3 is 2.63 bits per heavy atom. The van der Waals surface area contributed by atoms with Crippen molar-refractivity contribution in [2.24, 2.45) is 11.8 Å². The van der Waals surface area contributed by atoms with E-state index in [9.17, 15) is 4.79 Å². The van der Waals surface area contributed by atoms with Crippen molar-refractivity contribution in [3.8, 4) is 5.75 Å². The molecule has 2 rings (SSSR count). The summed E-state index contributed by atoms with van der Waals surface area (Å²) in [5, 5.41) is 4.08. The van der Waals surface area contributed by atoms with Crippen molar-refractivity contribution in [1.82, 2.24) is 5.32 Å². The molecular weight excluding hydrogens is 306 g/mol. The van der Waals surface area contributed by atoms with Gasteiger partial charge in [0.2, 0.25) is 0 Å². The first kappa shape index (κ1) is 14.4. The number of hydrogen-bond donors (Lipinski definition) is 1. The fourth-order valence-electron chi connectivity index (χ4n) is 2.65. The van der Waals surface area contributed by atoms with Crippen molar-refractivity contribution in [3.63, 3.8) is 0 Å². The fraction of sp³-hybridized carbons (Fsp3) is 0.533. The van der Waals surface area contributed by atoms with Crippen molar-refractivity contribution in [2.75, 3.05) is 19.0 Å². The molecule has 1 aromatic rings. The zero-order valence-electron chi connectivity index (χ0n) is 11.2. The first-order valence-corrected chi connectivity index (χ1v) is 7.85. The van der Waals surface area contributed by atoms with Gasteiger partial charge in [-0.15, -0.1) is 0 Å². The Labute approximate surface area is 122 Å². The Morgan fingerprint density at radius 1 is 1.32 bits per heavy atom. The van der Waals surface area contributed by atoms with Crippen LogP contribution in [0.5, 0.6) is 5.75 Å². The average Bonchev–Trinajstić information content (AvgIpc) is 2.92. The molecule has 2 unspecified atom stereocenters. The lowest BCUT2D eigenvalue weighted by Gasteiger charge is -2.17. The molecule has 1 amide bonds. The van der Waals surface area contributed by atoms with Crippen LogP contribution < -0.4 is 10.1 Å². The van der Waals surface area contributed by atoms with E-state index in [2.05, 4.69) is 21.2 Å². The predicted octanol–water partition coefficient (Wildman–Crippen LogP) is 3.24. The number of hydrogen-bond acceptors (Lipinski definition) is 2. The van der Waals surface area contributed by atoms with Crippen LogP contribution in [0.15, 0.2) is 24.3 Å². The Hall–Kier alpha value is -1.03. The van der Waals surface area contributed by atoms with Gasteiger partial charge in [0.1, 0.15) is 5.75 Å². The molecule has 1 N–H and O–H groups in total. The Morgan fingerprint density at radius 2 is 2.00 bits per heavy atom. The van der Waals surface area contributed by atoms with Gasteiger partial charge in [0.05, 0.1) is 7.11 Å². The van der Waals surface area contributed by atoms with Crippen LogP contribution in [0.25, 0.3) is 0 Å². The number of carbonyl (C=O) groups excluding carboxylic acids is 1. The largest absolute Gasteiger partial charge is 0.497 e. The molecule has 0 aliphatic heterocycles. The number of halogens is 1. The maximum Gasteiger partial charge on any atom is 0.251 e. The number of amides is 1. The van der Waals surface area contributed by atoms with Crippen LogP contribution in [0.4, 0.5) is 0 Å². The first-order chi connectivity index (χ1) is 9.24. The van der Waals surface area contributed by atoms with E-state index in [0.717, 1.165) is 17.6 Å². The average molecular weight is 326 g/mol. The van der Waals surface area contributed by atoms with Crippen molar-refractivity contribution in [3.05, 3.63) is 29.8 Å². The zero-order valence-corrected chi connectivity index (χ0v) is 12.8. The highest BCUT2D eigenvalue weighted by Crippen LogP contribution is 2.32. The Kier molecular flexibility index (Phi) is 5.25. The summed E-state index contributed by atoms with van der Waals surface area (Å²) in [6, 6.07) is 7.22. The van der Waals surface area contributed by atoms with Crippen LogP contribution in [0.2, 0.25) is 0 Å². The summed E-state index contributed by atoms with van der Waals surface area (Å²) in [6.07, 6.45) is 3.77. The van der Waals surface area contributed by atoms with Gasteiger partial charge in [0.15, 0.2) is 0 Å². The predicted molar refractivity (Wildman–Crippen MR) is 80.0 cm³/mol. The molecule has 0 bridgehead atoms. The van der Waals surface area contributed by atoms with Gasteiger partial charge in [-0.3, -0.25) is 4.79 Å². The summed E-state index contributed by atoms with van der Waals surface area (Å²) in [5.74, 6) is 2.09. The second kappa shape index (κ2) is 6.94. The van der Waals surface area contributed by atoms with Crippen molar-refractivity contribution < 1.29 is 9.53 Å². The van der Waals surface area contributed by atoms with Gasteiger partial charge >= 0.3 is 0 Å². The third-order valence-electron chi connectivity index (χ3n) is 3.89. The molecule has 0 aromatic heterocycles. The summed E-state index contributed by atoms with van der Waals surface area (Å²) in [6.45, 7) is 0.779. The van der Waals surface area contributed by atoms with Crippen molar-refractivity contribution in [2.45, 2.75) is 19.3 Å². The van der Waals surface area contributed by atoms with E-state index in [1.807, 2.05) is 12.1 Å². The highest BCUT2D eigenvalue weighted by Gasteiger charge is 2.26. The zero-order chi connectivity index (χ0) is 13.7. The second-order valence-electron chi connectivity index (χ2n) is 5.04. The third-order valence-corrected chi connectivity index (χ3v) is 4.72. The van der Waals surface area contributed by atoms with Gasteiger partial charge in [-0.2, -0.15) is 0 Å². The third kappa shape index (κ3) is 3.72. The lowest BCUT2D eigenvalue weighted by molar-refractivity contribution is 0.0945. The normalized spacial score (nSPS) is 22.2. The highest BCUT2D eigenvalue weighted by atomic mass is 79.9. The van der Waals surface area contributed by atoms with E-state index in [1.165, 1.54) is 19.3 Å². The monoisotopic (exact) mass is 325 g/mol. The summed E-state index contributed by atoms with van der Waals surface area (Å²) in [7, 11) is 1.62. The summed E-state index contributed by atoms with van der Waals surface area (Å²) in [5.41, 5.74) is 0.689. The maximum absolute atomic E-state index is 12.0. The molecule has 0 heterocycles. The number of methoxy groups -OCH3 is 1. The van der Waals surface area contributed by atoms with E-state index in [1.54, 1.807) is 19.2 Å². The molecule has 104 valence electrons. The summed E-state index contributed by atoms with van der Waals surface area (Å²) < 4.78 is 5.08. The van der Waals surface area contributed by atoms with Gasteiger partial charge in [-0.1, -0.05) is 22.4 Å². The minimum atomic E-state index is 0.00266. The standard InChI is InChI=1S/C15H20BrNO2/c1-19-14-7-5-11(6-8-14)15(18)17-10-13-4-2-3-12(13)9-16/h5-8,12-13H,2-4,9-10H2,1H3,(H,17,18). The number of nitrogens with one attached hydrogen (secondary N) is 1. The maximum atomic E-state index is 12.0. The quantitative estimate of drug-likeness (QED) is 0.844. The molecular formula is C15H20BrNO2. The number of ether oxygens (including phenoxy) is 1. The molecule has 1 saturated carbocycles. The highest BCUT2D eigenvalue weighted by molar-refractivity contribution is 9.09. The Bertz CT molecular complexity index is 419. The number of alkyl halides is 1. The number of rotatable bonds is 5. The van der Waals surface area contributed by atoms with Crippen LogP contribution >= 0.6 is 15.9 Å². The molecule has 1 aliphatic rings. The topological polar surface area (TPSA) is 38.3 Å². The number of carbonyl (C=O) groups is 1. The van der Waals surface area contributed by atoms with Gasteiger partial charge in [-0.25, -0.2) is 0 Å². The summed E-state index contributed by atoms with van der Waals surface area (Å²) in [4.78, 5) is 12.0. The van der Waals surface area contributed by atoms with Crippen LogP contribution in [0, 0.1) is 11.8 Å². The van der Waals surface area contributed by atoms with Gasteiger partial charge in [-0.05, 0) is 48.9 Å². The van der Waals surface area contributed by atoms with E-state index >= 15 is 0 Å². The lowest BCUT2D eigenvalue weighted by atomic mass is 9.98. The minimum Gasteiger partial charge on any atom is -0.497 e. The Balaban J connectivity index is 1.86. The van der Waals surface area contributed by atoms with Crippen molar-refractivity contribution in [1.29, 1.82) is 0 Å². The molecule has 0 spiro atoms. The number of benzene rings is 1. The van der Waals surface area contributed by atoms with Gasteiger partial charge in [0.25, 0.3) is 5.91 Å². The van der Waals surface area contributed by atoms with Crippen LogP contribution in [0.1, 0.15) is 29.6 Å². The molecule has 1 aliphatic carbocycles. The molecule has 1 fully saturated rings. The van der Waals surface area contributed by atoms with Crippen molar-refractivity contribution >= 4 is 21.8 Å². The molecule has 2 atom stereocenters. The SMILES string of the molecule is COc1ccc(C(=O)NCC2CCCC2CBr)cc1. The molecule has 0 radical (unpaired) electrons. The van der Waals surface area contributed by atoms with E-state index in [-0.39, 0.29) is 5.91 Å². The molecule has 4 heteroatoms. The van der Waals surface area contributed by atoms with E-state index in [0.29, 0.717) is 17.4 Å². The molecule has 0 saturated heterocycles. The summed E-state index contributed by atoms with van der Waals surface area (Å²) >= 11 is 3.56. The van der Waals surface area contributed by atoms with E-state index < -0.39 is 0 Å². The molecule has 3 nitrogen and oxygen atoms in total. The second-order valence-corrected chi connectivity index (χ2v) is 5.69. The van der Waals surface area contributed by atoms with Gasteiger partial charge < -0.3 is 10.1 Å². The van der Waals surface area contributed by atoms with Gasteiger partial charge in [0, 0.05) is 17.4 Å². The minimum absolute atomic E-state index is 0.00266. The lowest BCUT2D eigenvalue weighted by Crippen LogP contribution is -2.31. The fourth-order valence-corrected chi connectivity index (χ4v) is 3.51. The molecule has 1 aromatic carbocycles. The van der Waals surface area contributed by atoms with Crippen LogP contribution in [-0.4, -0.2) is 24.9 Å². The first-order valence-electron chi connectivity index (χ1n) is 6.73.